The summed E-state index contributed by atoms with van der Waals surface area (Å²) in [5.41, 5.74) is 2.09. The first-order valence-corrected chi connectivity index (χ1v) is 9.75. The molecule has 2 amide bonds. The molecule has 0 aliphatic carbocycles. The van der Waals surface area contributed by atoms with E-state index in [9.17, 15) is 9.59 Å². The predicted molar refractivity (Wildman–Crippen MR) is 99.8 cm³/mol. The lowest BCUT2D eigenvalue weighted by Crippen LogP contribution is -2.43. The monoisotopic (exact) mass is 357 g/mol. The molecule has 1 aromatic heterocycles. The standard InChI is InChI=1S/C19H23N3O2S/c1-11-4-7-15-16(8-11)25-19(20-15)21-10-14(9-17(21)23)18(24)22-12(2)5-6-13(22)3/h4,7-8,12-14H,5-6,9-10H2,1-3H3/t12-,13+,14?. The van der Waals surface area contributed by atoms with Crippen LogP contribution in [0.3, 0.4) is 0 Å². The molecule has 4 rings (SSSR count). The second kappa shape index (κ2) is 6.09. The van der Waals surface area contributed by atoms with E-state index in [0.717, 1.165) is 23.1 Å². The van der Waals surface area contributed by atoms with Crippen LogP contribution >= 0.6 is 11.3 Å². The Morgan fingerprint density at radius 1 is 1.24 bits per heavy atom. The highest BCUT2D eigenvalue weighted by Crippen LogP contribution is 2.35. The van der Waals surface area contributed by atoms with E-state index < -0.39 is 0 Å². The van der Waals surface area contributed by atoms with Gasteiger partial charge in [-0.2, -0.15) is 0 Å². The topological polar surface area (TPSA) is 53.5 Å². The zero-order chi connectivity index (χ0) is 17.7. The summed E-state index contributed by atoms with van der Waals surface area (Å²) in [6.07, 6.45) is 2.40. The lowest BCUT2D eigenvalue weighted by Gasteiger charge is -2.28. The van der Waals surface area contributed by atoms with Crippen LogP contribution in [-0.2, 0) is 9.59 Å². The van der Waals surface area contributed by atoms with Gasteiger partial charge in [0, 0.05) is 25.0 Å². The highest BCUT2D eigenvalue weighted by Gasteiger charge is 2.42. The number of hydrogen-bond donors (Lipinski definition) is 0. The predicted octanol–water partition coefficient (Wildman–Crippen LogP) is 3.36. The van der Waals surface area contributed by atoms with Gasteiger partial charge in [0.05, 0.1) is 16.1 Å². The van der Waals surface area contributed by atoms with Crippen LogP contribution in [0.5, 0.6) is 0 Å². The van der Waals surface area contributed by atoms with Gasteiger partial charge >= 0.3 is 0 Å². The number of likely N-dealkylation sites (tertiary alicyclic amines) is 1. The molecule has 0 N–H and O–H groups in total. The maximum absolute atomic E-state index is 12.9. The lowest BCUT2D eigenvalue weighted by molar-refractivity contribution is -0.138. The average molecular weight is 357 g/mol. The average Bonchev–Trinajstić information content (AvgIpc) is 3.23. The number of thiazole rings is 1. The maximum Gasteiger partial charge on any atom is 0.229 e. The molecule has 3 heterocycles. The summed E-state index contributed by atoms with van der Waals surface area (Å²) >= 11 is 1.53. The van der Waals surface area contributed by atoms with Crippen molar-refractivity contribution in [3.05, 3.63) is 23.8 Å². The Morgan fingerprint density at radius 2 is 1.96 bits per heavy atom. The number of nitrogens with zero attached hydrogens (tertiary/aromatic N) is 3. The highest BCUT2D eigenvalue weighted by atomic mass is 32.1. The quantitative estimate of drug-likeness (QED) is 0.828. The first-order chi connectivity index (χ1) is 11.9. The normalized spacial score (nSPS) is 26.8. The van der Waals surface area contributed by atoms with E-state index in [1.807, 2.05) is 24.0 Å². The molecule has 0 saturated carbocycles. The first-order valence-electron chi connectivity index (χ1n) is 8.94. The van der Waals surface area contributed by atoms with Crippen molar-refractivity contribution in [3.8, 4) is 0 Å². The van der Waals surface area contributed by atoms with E-state index in [-0.39, 0.29) is 29.8 Å². The van der Waals surface area contributed by atoms with Gasteiger partial charge in [0.2, 0.25) is 11.8 Å². The summed E-state index contributed by atoms with van der Waals surface area (Å²) in [6.45, 7) is 6.71. The number of benzene rings is 1. The molecule has 0 spiro atoms. The third kappa shape index (κ3) is 2.82. The van der Waals surface area contributed by atoms with Gasteiger partial charge in [0.25, 0.3) is 0 Å². The van der Waals surface area contributed by atoms with Crippen molar-refractivity contribution in [3.63, 3.8) is 0 Å². The molecule has 3 atom stereocenters. The van der Waals surface area contributed by atoms with Crippen molar-refractivity contribution in [2.24, 2.45) is 5.92 Å². The molecule has 2 saturated heterocycles. The summed E-state index contributed by atoms with van der Waals surface area (Å²) < 4.78 is 1.08. The van der Waals surface area contributed by atoms with Crippen molar-refractivity contribution in [1.29, 1.82) is 0 Å². The van der Waals surface area contributed by atoms with E-state index in [0.29, 0.717) is 18.1 Å². The summed E-state index contributed by atoms with van der Waals surface area (Å²) in [4.78, 5) is 33.8. The third-order valence-corrected chi connectivity index (χ3v) is 6.49. The van der Waals surface area contributed by atoms with Crippen molar-refractivity contribution in [2.75, 3.05) is 11.4 Å². The van der Waals surface area contributed by atoms with Crippen LogP contribution in [0.2, 0.25) is 0 Å². The van der Waals surface area contributed by atoms with Crippen LogP contribution in [0.1, 0.15) is 38.7 Å². The van der Waals surface area contributed by atoms with Crippen LogP contribution in [0.25, 0.3) is 10.2 Å². The van der Waals surface area contributed by atoms with Crippen molar-refractivity contribution >= 4 is 38.5 Å². The summed E-state index contributed by atoms with van der Waals surface area (Å²) in [5, 5.41) is 0.711. The van der Waals surface area contributed by atoms with Crippen molar-refractivity contribution < 1.29 is 9.59 Å². The Bertz CT molecular complexity index is 836. The van der Waals surface area contributed by atoms with Crippen molar-refractivity contribution in [2.45, 2.75) is 52.1 Å². The SMILES string of the molecule is Cc1ccc2nc(N3CC(C(=O)N4[C@H](C)CC[C@@H]4C)CC3=O)sc2c1. The van der Waals surface area contributed by atoms with E-state index in [2.05, 4.69) is 24.9 Å². The summed E-state index contributed by atoms with van der Waals surface area (Å²) in [6, 6.07) is 6.66. The van der Waals surface area contributed by atoms with E-state index in [4.69, 9.17) is 0 Å². The van der Waals surface area contributed by atoms with Gasteiger partial charge in [-0.3, -0.25) is 14.5 Å². The van der Waals surface area contributed by atoms with Crippen LogP contribution in [0, 0.1) is 12.8 Å². The molecule has 2 fully saturated rings. The number of fused-ring (bicyclic) bond motifs is 1. The Kier molecular flexibility index (Phi) is 4.02. The molecule has 2 aromatic rings. The van der Waals surface area contributed by atoms with Gasteiger partial charge in [-0.15, -0.1) is 0 Å². The molecule has 5 nitrogen and oxygen atoms in total. The number of amides is 2. The minimum Gasteiger partial charge on any atom is -0.337 e. The van der Waals surface area contributed by atoms with Gasteiger partial charge in [-0.25, -0.2) is 4.98 Å². The van der Waals surface area contributed by atoms with Crippen molar-refractivity contribution in [1.82, 2.24) is 9.88 Å². The number of carbonyl (C=O) groups excluding carboxylic acids is 2. The fourth-order valence-electron chi connectivity index (χ4n) is 4.03. The molecule has 0 radical (unpaired) electrons. The molecule has 1 aromatic carbocycles. The van der Waals surface area contributed by atoms with Crippen LogP contribution in [0.4, 0.5) is 5.13 Å². The largest absolute Gasteiger partial charge is 0.337 e. The number of rotatable bonds is 2. The molecule has 2 aliphatic heterocycles. The van der Waals surface area contributed by atoms with E-state index in [1.165, 1.54) is 16.9 Å². The zero-order valence-electron chi connectivity index (χ0n) is 14.9. The number of carbonyl (C=O) groups is 2. The van der Waals surface area contributed by atoms with E-state index in [1.54, 1.807) is 4.90 Å². The van der Waals surface area contributed by atoms with Crippen LogP contribution in [0.15, 0.2) is 18.2 Å². The number of hydrogen-bond acceptors (Lipinski definition) is 4. The Labute approximate surface area is 151 Å². The fraction of sp³-hybridized carbons (Fsp3) is 0.526. The number of aryl methyl sites for hydroxylation is 1. The lowest BCUT2D eigenvalue weighted by atomic mass is 10.1. The van der Waals surface area contributed by atoms with Gasteiger partial charge in [-0.05, 0) is 51.3 Å². The van der Waals surface area contributed by atoms with Gasteiger partial charge in [0.1, 0.15) is 0 Å². The summed E-state index contributed by atoms with van der Waals surface area (Å²) in [5.74, 6) is -0.108. The van der Waals surface area contributed by atoms with Crippen LogP contribution < -0.4 is 4.90 Å². The minimum atomic E-state index is -0.246. The molecular formula is C19H23N3O2S. The van der Waals surface area contributed by atoms with Gasteiger partial charge in [0.15, 0.2) is 5.13 Å². The highest BCUT2D eigenvalue weighted by molar-refractivity contribution is 7.22. The second-order valence-corrected chi connectivity index (χ2v) is 8.40. The molecule has 25 heavy (non-hydrogen) atoms. The maximum atomic E-state index is 12.9. The Hall–Kier alpha value is -1.95. The van der Waals surface area contributed by atoms with Crippen LogP contribution in [-0.4, -0.2) is 40.3 Å². The second-order valence-electron chi connectivity index (χ2n) is 7.39. The fourth-order valence-corrected chi connectivity index (χ4v) is 5.12. The molecule has 1 unspecified atom stereocenters. The van der Waals surface area contributed by atoms with E-state index >= 15 is 0 Å². The zero-order valence-corrected chi connectivity index (χ0v) is 15.7. The smallest absolute Gasteiger partial charge is 0.229 e. The van der Waals surface area contributed by atoms with Gasteiger partial charge in [-0.1, -0.05) is 17.4 Å². The Morgan fingerprint density at radius 3 is 2.68 bits per heavy atom. The molecule has 0 bridgehead atoms. The number of anilines is 1. The minimum absolute atomic E-state index is 0.00799. The van der Waals surface area contributed by atoms with Gasteiger partial charge < -0.3 is 4.90 Å². The third-order valence-electron chi connectivity index (χ3n) is 5.44. The molecule has 132 valence electrons. The summed E-state index contributed by atoms with van der Waals surface area (Å²) in [7, 11) is 0. The molecule has 6 heteroatoms. The molecule has 2 aliphatic rings. The first kappa shape index (κ1) is 16.5. The number of aromatic nitrogens is 1. The Balaban J connectivity index is 1.56. The molecular weight excluding hydrogens is 334 g/mol.